The average Bonchev–Trinajstić information content (AvgIpc) is 2.31. The van der Waals surface area contributed by atoms with E-state index < -0.39 is 10.4 Å². The van der Waals surface area contributed by atoms with Gasteiger partial charge in [-0.2, -0.15) is 0 Å². The number of aliphatic hydroxyl groups is 1. The van der Waals surface area contributed by atoms with Crippen LogP contribution in [0.15, 0.2) is 12.2 Å². The lowest BCUT2D eigenvalue weighted by atomic mass is 9.72. The summed E-state index contributed by atoms with van der Waals surface area (Å²) in [6, 6.07) is 0. The second-order valence-electron chi connectivity index (χ2n) is 2.97. The van der Waals surface area contributed by atoms with Gasteiger partial charge in [0, 0.05) is 11.8 Å². The largest absolute Gasteiger partial charge is 0.390 e. The Kier molecular flexibility index (Phi) is 1.32. The molecule has 0 saturated heterocycles. The highest BCUT2D eigenvalue weighted by atomic mass is 35.5. The van der Waals surface area contributed by atoms with Gasteiger partial charge in [-0.25, -0.2) is 0 Å². The van der Waals surface area contributed by atoms with Gasteiger partial charge in [-0.1, -0.05) is 35.4 Å². The van der Waals surface area contributed by atoms with Crippen molar-refractivity contribution >= 4 is 23.2 Å². The van der Waals surface area contributed by atoms with Gasteiger partial charge in [0.05, 0.1) is 6.10 Å². The Morgan fingerprint density at radius 1 is 1.50 bits per heavy atom. The molecular formula is C7H8Cl2O. The Bertz CT molecular complexity index is 188. The third kappa shape index (κ3) is 0.635. The first-order chi connectivity index (χ1) is 4.64. The highest BCUT2D eigenvalue weighted by molar-refractivity contribution is 6.50. The van der Waals surface area contributed by atoms with Gasteiger partial charge in [0.25, 0.3) is 0 Å². The van der Waals surface area contributed by atoms with Gasteiger partial charge >= 0.3 is 0 Å². The standard InChI is InChI=1S/C7H8Cl2O/c8-7(9)5-3-1-2-4(5)6(7)10/h1,3-6,10H,2H2. The van der Waals surface area contributed by atoms with Crippen molar-refractivity contribution < 1.29 is 5.11 Å². The maximum absolute atomic E-state index is 9.34. The van der Waals surface area contributed by atoms with Gasteiger partial charge in [-0.05, 0) is 6.42 Å². The van der Waals surface area contributed by atoms with E-state index in [-0.39, 0.29) is 11.8 Å². The zero-order valence-corrected chi connectivity index (χ0v) is 6.81. The van der Waals surface area contributed by atoms with Crippen molar-refractivity contribution in [2.75, 3.05) is 0 Å². The van der Waals surface area contributed by atoms with Crippen LogP contribution >= 0.6 is 23.2 Å². The lowest BCUT2D eigenvalue weighted by molar-refractivity contribution is -0.0159. The third-order valence-corrected chi connectivity index (χ3v) is 3.41. The average molecular weight is 179 g/mol. The van der Waals surface area contributed by atoms with Crippen LogP contribution < -0.4 is 0 Å². The summed E-state index contributed by atoms with van der Waals surface area (Å²) in [5.41, 5.74) is 0. The van der Waals surface area contributed by atoms with Crippen LogP contribution in [0.2, 0.25) is 0 Å². The first-order valence-electron chi connectivity index (χ1n) is 3.36. The van der Waals surface area contributed by atoms with Crippen molar-refractivity contribution in [3.05, 3.63) is 12.2 Å². The summed E-state index contributed by atoms with van der Waals surface area (Å²) in [7, 11) is 0. The third-order valence-electron chi connectivity index (χ3n) is 2.46. The Balaban J connectivity index is 2.21. The van der Waals surface area contributed by atoms with E-state index in [0.29, 0.717) is 0 Å². The number of rotatable bonds is 0. The molecule has 1 N–H and O–H groups in total. The number of hydrogen-bond donors (Lipinski definition) is 1. The van der Waals surface area contributed by atoms with Crippen LogP contribution in [0.5, 0.6) is 0 Å². The summed E-state index contributed by atoms with van der Waals surface area (Å²) in [6.45, 7) is 0. The summed E-state index contributed by atoms with van der Waals surface area (Å²) in [4.78, 5) is 0. The number of alkyl halides is 2. The quantitative estimate of drug-likeness (QED) is 0.443. The molecule has 0 aromatic rings. The maximum atomic E-state index is 9.34. The molecule has 0 amide bonds. The van der Waals surface area contributed by atoms with Crippen LogP contribution in [0.1, 0.15) is 6.42 Å². The Hall–Kier alpha value is 0.280. The monoisotopic (exact) mass is 178 g/mol. The lowest BCUT2D eigenvalue weighted by Crippen LogP contribution is -2.57. The van der Waals surface area contributed by atoms with Crippen LogP contribution in [0.25, 0.3) is 0 Å². The predicted octanol–water partition coefficient (Wildman–Crippen LogP) is 1.73. The van der Waals surface area contributed by atoms with Crippen molar-refractivity contribution in [3.8, 4) is 0 Å². The molecule has 1 nitrogen and oxygen atoms in total. The van der Waals surface area contributed by atoms with Crippen LogP contribution in [0, 0.1) is 11.8 Å². The molecule has 3 unspecified atom stereocenters. The fourth-order valence-electron chi connectivity index (χ4n) is 1.77. The van der Waals surface area contributed by atoms with Gasteiger partial charge in [0.2, 0.25) is 0 Å². The van der Waals surface area contributed by atoms with E-state index >= 15 is 0 Å². The normalized spacial score (nSPS) is 48.5. The molecule has 0 bridgehead atoms. The van der Waals surface area contributed by atoms with Crippen molar-refractivity contribution in [2.24, 2.45) is 11.8 Å². The molecule has 0 aromatic heterocycles. The minimum absolute atomic E-state index is 0.186. The van der Waals surface area contributed by atoms with Gasteiger partial charge < -0.3 is 5.11 Å². The van der Waals surface area contributed by atoms with Crippen molar-refractivity contribution in [2.45, 2.75) is 16.9 Å². The molecular weight excluding hydrogens is 171 g/mol. The molecule has 3 heteroatoms. The molecule has 2 aliphatic rings. The van der Waals surface area contributed by atoms with Crippen molar-refractivity contribution in [1.29, 1.82) is 0 Å². The molecule has 1 saturated carbocycles. The summed E-state index contributed by atoms with van der Waals surface area (Å²) in [6.07, 6.45) is 4.42. The molecule has 2 aliphatic carbocycles. The Morgan fingerprint density at radius 3 is 2.80 bits per heavy atom. The molecule has 56 valence electrons. The molecule has 1 fully saturated rings. The molecule has 0 heterocycles. The summed E-state index contributed by atoms with van der Waals surface area (Å²) in [5, 5.41) is 9.34. The van der Waals surface area contributed by atoms with E-state index in [1.807, 2.05) is 12.2 Å². The van der Waals surface area contributed by atoms with Crippen molar-refractivity contribution in [3.63, 3.8) is 0 Å². The SMILES string of the molecule is OC1C2CC=CC2C1(Cl)Cl. The van der Waals surface area contributed by atoms with Crippen molar-refractivity contribution in [1.82, 2.24) is 0 Å². The highest BCUT2D eigenvalue weighted by Crippen LogP contribution is 2.56. The summed E-state index contributed by atoms with van der Waals surface area (Å²) in [5.74, 6) is 0.473. The van der Waals surface area contributed by atoms with E-state index in [1.165, 1.54) is 0 Å². The molecule has 0 radical (unpaired) electrons. The number of hydrogen-bond acceptors (Lipinski definition) is 1. The lowest BCUT2D eigenvalue weighted by Gasteiger charge is -2.48. The zero-order chi connectivity index (χ0) is 7.35. The molecule has 3 atom stereocenters. The fraction of sp³-hybridized carbons (Fsp3) is 0.714. The van der Waals surface area contributed by atoms with Gasteiger partial charge in [0.1, 0.15) is 0 Å². The fourth-order valence-corrected chi connectivity index (χ4v) is 2.57. The minimum atomic E-state index is -0.905. The highest BCUT2D eigenvalue weighted by Gasteiger charge is 2.59. The van der Waals surface area contributed by atoms with Crippen LogP contribution in [-0.2, 0) is 0 Å². The molecule has 0 spiro atoms. The van der Waals surface area contributed by atoms with Gasteiger partial charge in [-0.3, -0.25) is 0 Å². The van der Waals surface area contributed by atoms with Crippen LogP contribution in [-0.4, -0.2) is 15.5 Å². The number of allylic oxidation sites excluding steroid dienone is 2. The minimum Gasteiger partial charge on any atom is -0.390 e. The number of fused-ring (bicyclic) bond motifs is 1. The predicted molar refractivity (Wildman–Crippen MR) is 41.2 cm³/mol. The van der Waals surface area contributed by atoms with E-state index in [4.69, 9.17) is 23.2 Å². The molecule has 0 aliphatic heterocycles. The Labute approximate surface area is 69.6 Å². The van der Waals surface area contributed by atoms with E-state index in [0.717, 1.165) is 6.42 Å². The Morgan fingerprint density at radius 2 is 2.20 bits per heavy atom. The topological polar surface area (TPSA) is 20.2 Å². The zero-order valence-electron chi connectivity index (χ0n) is 5.30. The second kappa shape index (κ2) is 1.90. The molecule has 10 heavy (non-hydrogen) atoms. The van der Waals surface area contributed by atoms with E-state index in [9.17, 15) is 5.11 Å². The van der Waals surface area contributed by atoms with E-state index in [2.05, 4.69) is 0 Å². The maximum Gasteiger partial charge on any atom is 0.150 e. The van der Waals surface area contributed by atoms with Crippen LogP contribution in [0.3, 0.4) is 0 Å². The van der Waals surface area contributed by atoms with E-state index in [1.54, 1.807) is 0 Å². The van der Waals surface area contributed by atoms with Gasteiger partial charge in [-0.15, -0.1) is 0 Å². The first kappa shape index (κ1) is 6.96. The molecule has 0 aromatic carbocycles. The first-order valence-corrected chi connectivity index (χ1v) is 4.12. The number of aliphatic hydroxyl groups excluding tert-OH is 1. The summed E-state index contributed by atoms with van der Waals surface area (Å²) < 4.78 is -0.905. The smallest absolute Gasteiger partial charge is 0.150 e. The number of halogens is 2. The van der Waals surface area contributed by atoms with Crippen LogP contribution in [0.4, 0.5) is 0 Å². The molecule has 2 rings (SSSR count). The van der Waals surface area contributed by atoms with Gasteiger partial charge in [0.15, 0.2) is 4.33 Å². The summed E-state index contributed by atoms with van der Waals surface area (Å²) >= 11 is 11.6. The second-order valence-corrected chi connectivity index (χ2v) is 4.42.